The van der Waals surface area contributed by atoms with Gasteiger partial charge in [0.2, 0.25) is 23.6 Å². The summed E-state index contributed by atoms with van der Waals surface area (Å²) in [5, 5.41) is 10.4. The number of fused-ring (bicyclic) bond motifs is 4. The molecular formula is C30H30N2O7. The molecule has 2 aromatic rings. The van der Waals surface area contributed by atoms with E-state index in [1.54, 1.807) is 31.2 Å². The third kappa shape index (κ3) is 3.25. The molecule has 1 saturated carbocycles. The number of aromatic hydroxyl groups is 1. The molecule has 2 aromatic carbocycles. The summed E-state index contributed by atoms with van der Waals surface area (Å²) in [6, 6.07) is 11.7. The second-order valence-electron chi connectivity index (χ2n) is 11.0. The van der Waals surface area contributed by atoms with Gasteiger partial charge in [0.25, 0.3) is 0 Å². The number of phenolic OH excluding ortho intramolecular Hbond substituents is 1. The number of amides is 4. The Morgan fingerprint density at radius 3 is 2.18 bits per heavy atom. The van der Waals surface area contributed by atoms with Crippen LogP contribution in [0.25, 0.3) is 0 Å². The van der Waals surface area contributed by atoms with Crippen LogP contribution in [0.1, 0.15) is 31.2 Å². The number of para-hydroxylation sites is 1. The number of rotatable bonds is 4. The van der Waals surface area contributed by atoms with E-state index in [1.807, 2.05) is 12.1 Å². The predicted molar refractivity (Wildman–Crippen MR) is 140 cm³/mol. The zero-order valence-electron chi connectivity index (χ0n) is 22.2. The van der Waals surface area contributed by atoms with Crippen LogP contribution in [0, 0.1) is 29.1 Å². The average Bonchev–Trinajstić information content (AvgIpc) is 3.28. The molecule has 3 fully saturated rings. The smallest absolute Gasteiger partial charge is 0.241 e. The Hall–Kier alpha value is -4.14. The summed E-state index contributed by atoms with van der Waals surface area (Å²) in [6.45, 7) is 1.80. The first-order valence-electron chi connectivity index (χ1n) is 13.0. The number of benzene rings is 2. The maximum Gasteiger partial charge on any atom is 0.241 e. The standard InChI is InChI=1S/C30H30N2O7/c1-30-20(27(35)32(29(30)37)15-8-6-5-7-9-15)14-19-17(10-11-18-23(19)28(36)31(2)26(18)34)25(30)24-21(38-3)12-16(33)13-22(24)39-4/h5-10,12-13,18-20,23,25,33H,11,14H2,1-4H3/t18-,19+,20-,23-,25+,30+/m0/s1. The molecule has 6 atom stereocenters. The topological polar surface area (TPSA) is 113 Å². The highest BCUT2D eigenvalue weighted by Gasteiger charge is 2.68. The number of allylic oxidation sites excluding steroid dienone is 2. The lowest BCUT2D eigenvalue weighted by Gasteiger charge is -2.49. The number of hydrogen-bond donors (Lipinski definition) is 1. The van der Waals surface area contributed by atoms with Gasteiger partial charge in [-0.1, -0.05) is 29.8 Å². The molecule has 1 N–H and O–H groups in total. The molecule has 0 aromatic heterocycles. The van der Waals surface area contributed by atoms with E-state index in [9.17, 15) is 24.3 Å². The van der Waals surface area contributed by atoms with Gasteiger partial charge in [0, 0.05) is 30.7 Å². The van der Waals surface area contributed by atoms with Gasteiger partial charge in [-0.25, -0.2) is 4.90 Å². The summed E-state index contributed by atoms with van der Waals surface area (Å²) in [7, 11) is 4.44. The number of ether oxygens (including phenoxy) is 2. The number of likely N-dealkylation sites (tertiary alicyclic amines) is 1. The second kappa shape index (κ2) is 8.69. The normalized spacial score (nSPS) is 31.6. The third-order valence-electron chi connectivity index (χ3n) is 9.33. The number of carbonyl (C=O) groups is 4. The van der Waals surface area contributed by atoms with E-state index in [0.29, 0.717) is 29.2 Å². The van der Waals surface area contributed by atoms with Crippen molar-refractivity contribution in [1.82, 2.24) is 4.90 Å². The van der Waals surface area contributed by atoms with Gasteiger partial charge in [-0.05, 0) is 37.8 Å². The van der Waals surface area contributed by atoms with E-state index in [4.69, 9.17) is 9.47 Å². The molecule has 4 amide bonds. The molecule has 6 rings (SSSR count). The molecule has 0 bridgehead atoms. The van der Waals surface area contributed by atoms with Crippen LogP contribution >= 0.6 is 0 Å². The summed E-state index contributed by atoms with van der Waals surface area (Å²) < 4.78 is 11.4. The number of imide groups is 2. The van der Waals surface area contributed by atoms with Crippen molar-refractivity contribution in [2.75, 3.05) is 26.2 Å². The zero-order chi connectivity index (χ0) is 27.8. The Morgan fingerprint density at radius 1 is 0.923 bits per heavy atom. The van der Waals surface area contributed by atoms with E-state index < -0.39 is 35.0 Å². The van der Waals surface area contributed by atoms with E-state index in [-0.39, 0.29) is 35.8 Å². The molecule has 4 aliphatic rings. The predicted octanol–water partition coefficient (Wildman–Crippen LogP) is 3.27. The first kappa shape index (κ1) is 25.2. The largest absolute Gasteiger partial charge is 0.508 e. The SMILES string of the molecule is COc1cc(O)cc(OC)c1[C@H]1C2=CC[C@@H]3C(=O)N(C)C(=O)[C@@H]3[C@@H]2C[C@H]2C(=O)N(c3ccccc3)C(=O)[C@@]12C. The Morgan fingerprint density at radius 2 is 1.56 bits per heavy atom. The third-order valence-corrected chi connectivity index (χ3v) is 9.33. The lowest BCUT2D eigenvalue weighted by atomic mass is 9.51. The molecule has 9 nitrogen and oxygen atoms in total. The van der Waals surface area contributed by atoms with Gasteiger partial charge in [-0.2, -0.15) is 0 Å². The quantitative estimate of drug-likeness (QED) is 0.477. The Bertz CT molecular complexity index is 1430. The van der Waals surface area contributed by atoms with Gasteiger partial charge < -0.3 is 14.6 Å². The fourth-order valence-electron chi connectivity index (χ4n) is 7.51. The molecule has 202 valence electrons. The van der Waals surface area contributed by atoms with Gasteiger partial charge in [-0.3, -0.25) is 24.1 Å². The van der Waals surface area contributed by atoms with Crippen LogP contribution in [0.5, 0.6) is 17.2 Å². The van der Waals surface area contributed by atoms with Crippen LogP contribution in [0.15, 0.2) is 54.1 Å². The van der Waals surface area contributed by atoms with Crippen LogP contribution in [0.3, 0.4) is 0 Å². The maximum atomic E-state index is 14.4. The number of hydrogen-bond acceptors (Lipinski definition) is 7. The molecule has 2 heterocycles. The summed E-state index contributed by atoms with van der Waals surface area (Å²) in [5.74, 6) is -3.61. The van der Waals surface area contributed by atoms with Crippen LogP contribution < -0.4 is 14.4 Å². The zero-order valence-corrected chi connectivity index (χ0v) is 22.2. The summed E-state index contributed by atoms with van der Waals surface area (Å²) in [6.07, 6.45) is 2.59. The van der Waals surface area contributed by atoms with Crippen molar-refractivity contribution in [2.45, 2.75) is 25.7 Å². The van der Waals surface area contributed by atoms with E-state index in [0.717, 1.165) is 5.57 Å². The number of carbonyl (C=O) groups excluding carboxylic acids is 4. The first-order valence-corrected chi connectivity index (χ1v) is 13.0. The average molecular weight is 531 g/mol. The molecule has 9 heteroatoms. The van der Waals surface area contributed by atoms with Crippen LogP contribution in [-0.2, 0) is 19.2 Å². The number of methoxy groups -OCH3 is 2. The van der Waals surface area contributed by atoms with Gasteiger partial charge in [-0.15, -0.1) is 0 Å². The summed E-state index contributed by atoms with van der Waals surface area (Å²) in [4.78, 5) is 57.3. The van der Waals surface area contributed by atoms with Crippen LogP contribution in [0.4, 0.5) is 5.69 Å². The van der Waals surface area contributed by atoms with Gasteiger partial charge in [0.1, 0.15) is 17.2 Å². The van der Waals surface area contributed by atoms with Gasteiger partial charge >= 0.3 is 0 Å². The van der Waals surface area contributed by atoms with Crippen molar-refractivity contribution in [3.63, 3.8) is 0 Å². The maximum absolute atomic E-state index is 14.4. The van der Waals surface area contributed by atoms with E-state index in [2.05, 4.69) is 0 Å². The second-order valence-corrected chi connectivity index (χ2v) is 11.0. The number of anilines is 1. The van der Waals surface area contributed by atoms with Crippen molar-refractivity contribution in [3.05, 3.63) is 59.7 Å². The Balaban J connectivity index is 1.61. The highest BCUT2D eigenvalue weighted by molar-refractivity contribution is 6.24. The highest BCUT2D eigenvalue weighted by Crippen LogP contribution is 2.65. The molecule has 2 aliphatic heterocycles. The molecule has 0 unspecified atom stereocenters. The van der Waals surface area contributed by atoms with Crippen molar-refractivity contribution >= 4 is 29.3 Å². The van der Waals surface area contributed by atoms with E-state index in [1.165, 1.54) is 43.2 Å². The van der Waals surface area contributed by atoms with Gasteiger partial charge in [0.15, 0.2) is 0 Å². The van der Waals surface area contributed by atoms with Crippen molar-refractivity contribution < 1.29 is 33.8 Å². The number of nitrogens with zero attached hydrogens (tertiary/aromatic N) is 2. The van der Waals surface area contributed by atoms with Crippen molar-refractivity contribution in [3.8, 4) is 17.2 Å². The van der Waals surface area contributed by atoms with Crippen molar-refractivity contribution in [1.29, 1.82) is 0 Å². The fourth-order valence-corrected chi connectivity index (χ4v) is 7.51. The lowest BCUT2D eigenvalue weighted by Crippen LogP contribution is -2.49. The summed E-state index contributed by atoms with van der Waals surface area (Å²) >= 11 is 0. The molecule has 0 spiro atoms. The first-order chi connectivity index (χ1) is 18.6. The summed E-state index contributed by atoms with van der Waals surface area (Å²) in [5.41, 5.74) is 0.593. The Labute approximate surface area is 226 Å². The van der Waals surface area contributed by atoms with Crippen LogP contribution in [0.2, 0.25) is 0 Å². The highest BCUT2D eigenvalue weighted by atomic mass is 16.5. The van der Waals surface area contributed by atoms with Crippen molar-refractivity contribution in [2.24, 2.45) is 29.1 Å². The molecule has 0 radical (unpaired) electrons. The fraction of sp³-hybridized carbons (Fsp3) is 0.400. The van der Waals surface area contributed by atoms with Crippen LogP contribution in [-0.4, -0.2) is 54.9 Å². The minimum atomic E-state index is -1.24. The Kier molecular flexibility index (Phi) is 5.61. The molecular weight excluding hydrogens is 500 g/mol. The minimum Gasteiger partial charge on any atom is -0.508 e. The number of phenols is 1. The molecule has 2 aliphatic carbocycles. The van der Waals surface area contributed by atoms with Gasteiger partial charge in [0.05, 0.1) is 43.1 Å². The molecule has 39 heavy (non-hydrogen) atoms. The lowest BCUT2D eigenvalue weighted by molar-refractivity contribution is -0.138. The monoisotopic (exact) mass is 530 g/mol. The molecule has 2 saturated heterocycles. The minimum absolute atomic E-state index is 0.0721. The van der Waals surface area contributed by atoms with E-state index >= 15 is 0 Å².